The van der Waals surface area contributed by atoms with Gasteiger partial charge in [-0.05, 0) is 30.3 Å². The number of carbonyl (C=O) groups excluding carboxylic acids is 1. The van der Waals surface area contributed by atoms with Crippen LogP contribution in [0.25, 0.3) is 0 Å². The first kappa shape index (κ1) is 14.4. The maximum Gasteiger partial charge on any atom is 0.264 e. The Balaban J connectivity index is 1.62. The zero-order chi connectivity index (χ0) is 14.8. The molecular formula is C15H15FN2OS2. The summed E-state index contributed by atoms with van der Waals surface area (Å²) in [6.07, 6.45) is 0. The molecule has 1 aliphatic rings. The molecule has 1 amide bonds. The van der Waals surface area contributed by atoms with Gasteiger partial charge in [-0.2, -0.15) is 0 Å². The second-order valence-corrected chi connectivity index (χ2v) is 6.35. The predicted octanol–water partition coefficient (Wildman–Crippen LogP) is 3.14. The molecule has 3 nitrogen and oxygen atoms in total. The largest absolute Gasteiger partial charge is 0.368 e. The van der Waals surface area contributed by atoms with Crippen molar-refractivity contribution in [2.75, 3.05) is 31.1 Å². The van der Waals surface area contributed by atoms with Crippen molar-refractivity contribution in [2.45, 2.75) is 4.90 Å². The Morgan fingerprint density at radius 3 is 2.38 bits per heavy atom. The van der Waals surface area contributed by atoms with Crippen LogP contribution in [0.2, 0.25) is 0 Å². The minimum Gasteiger partial charge on any atom is -0.368 e. The Hall–Kier alpha value is -1.53. The van der Waals surface area contributed by atoms with Gasteiger partial charge in [-0.15, -0.1) is 24.0 Å². The van der Waals surface area contributed by atoms with E-state index in [-0.39, 0.29) is 11.7 Å². The molecule has 110 valence electrons. The van der Waals surface area contributed by atoms with Crippen molar-refractivity contribution >= 4 is 35.6 Å². The second-order valence-electron chi connectivity index (χ2n) is 4.92. The summed E-state index contributed by atoms with van der Waals surface area (Å²) in [6, 6.07) is 8.29. The fourth-order valence-electron chi connectivity index (χ4n) is 2.41. The number of benzene rings is 1. The second kappa shape index (κ2) is 6.07. The standard InChI is InChI=1S/C15H15FN2OS2/c16-11-1-3-12(4-2-11)17-5-7-18(8-6-17)15(19)14-9-13(20)10-21-14/h1-4,9-10,20H,5-8H2. The third-order valence-electron chi connectivity index (χ3n) is 3.56. The van der Waals surface area contributed by atoms with Crippen molar-refractivity contribution in [2.24, 2.45) is 0 Å². The number of rotatable bonds is 2. The molecule has 0 radical (unpaired) electrons. The van der Waals surface area contributed by atoms with E-state index in [4.69, 9.17) is 0 Å². The Kier molecular flexibility index (Phi) is 4.17. The molecule has 0 aliphatic carbocycles. The van der Waals surface area contributed by atoms with Crippen LogP contribution >= 0.6 is 24.0 Å². The lowest BCUT2D eigenvalue weighted by atomic mass is 10.2. The lowest BCUT2D eigenvalue weighted by molar-refractivity contribution is 0.0751. The van der Waals surface area contributed by atoms with Crippen molar-refractivity contribution in [1.29, 1.82) is 0 Å². The number of halogens is 1. The smallest absolute Gasteiger partial charge is 0.264 e. The van der Waals surface area contributed by atoms with Gasteiger partial charge in [0.25, 0.3) is 5.91 Å². The average Bonchev–Trinajstić information content (AvgIpc) is 2.94. The number of hydrogen-bond acceptors (Lipinski definition) is 4. The van der Waals surface area contributed by atoms with E-state index in [9.17, 15) is 9.18 Å². The van der Waals surface area contributed by atoms with Gasteiger partial charge in [0.05, 0.1) is 4.88 Å². The van der Waals surface area contributed by atoms with E-state index in [1.165, 1.54) is 23.5 Å². The predicted molar refractivity (Wildman–Crippen MR) is 86.1 cm³/mol. The zero-order valence-corrected chi connectivity index (χ0v) is 13.0. The van der Waals surface area contributed by atoms with Crippen LogP contribution in [0.4, 0.5) is 10.1 Å². The summed E-state index contributed by atoms with van der Waals surface area (Å²) in [4.78, 5) is 17.9. The van der Waals surface area contributed by atoms with E-state index >= 15 is 0 Å². The number of nitrogens with zero attached hydrogens (tertiary/aromatic N) is 2. The van der Waals surface area contributed by atoms with Gasteiger partial charge in [0.2, 0.25) is 0 Å². The van der Waals surface area contributed by atoms with Gasteiger partial charge in [0.1, 0.15) is 5.82 Å². The molecule has 21 heavy (non-hydrogen) atoms. The fourth-order valence-corrected chi connectivity index (χ4v) is 3.53. The zero-order valence-electron chi connectivity index (χ0n) is 11.3. The van der Waals surface area contributed by atoms with E-state index in [2.05, 4.69) is 17.5 Å². The molecule has 1 fully saturated rings. The highest BCUT2D eigenvalue weighted by molar-refractivity contribution is 7.80. The van der Waals surface area contributed by atoms with Gasteiger partial charge in [-0.3, -0.25) is 4.79 Å². The molecule has 1 aromatic heterocycles. The highest BCUT2D eigenvalue weighted by atomic mass is 32.1. The van der Waals surface area contributed by atoms with Gasteiger partial charge >= 0.3 is 0 Å². The summed E-state index contributed by atoms with van der Waals surface area (Å²) in [6.45, 7) is 2.87. The van der Waals surface area contributed by atoms with Crippen LogP contribution in [0.15, 0.2) is 40.6 Å². The molecule has 2 heterocycles. The maximum absolute atomic E-state index is 12.9. The summed E-state index contributed by atoms with van der Waals surface area (Å²) in [5.41, 5.74) is 0.997. The Morgan fingerprint density at radius 2 is 1.81 bits per heavy atom. The molecular weight excluding hydrogens is 307 g/mol. The number of piperazine rings is 1. The Labute approximate surface area is 132 Å². The van der Waals surface area contributed by atoms with E-state index < -0.39 is 0 Å². The first-order valence-electron chi connectivity index (χ1n) is 6.71. The molecule has 0 N–H and O–H groups in total. The van der Waals surface area contributed by atoms with Crippen molar-refractivity contribution in [3.63, 3.8) is 0 Å². The van der Waals surface area contributed by atoms with E-state index in [0.717, 1.165) is 28.5 Å². The SMILES string of the molecule is O=C(c1cc(S)cs1)N1CCN(c2ccc(F)cc2)CC1. The fraction of sp³-hybridized carbons (Fsp3) is 0.267. The van der Waals surface area contributed by atoms with Crippen LogP contribution in [0.1, 0.15) is 9.67 Å². The van der Waals surface area contributed by atoms with Crippen LogP contribution in [0.5, 0.6) is 0 Å². The number of carbonyl (C=O) groups is 1. The monoisotopic (exact) mass is 322 g/mol. The van der Waals surface area contributed by atoms with Gasteiger partial charge in [-0.1, -0.05) is 0 Å². The third kappa shape index (κ3) is 3.22. The lowest BCUT2D eigenvalue weighted by Crippen LogP contribution is -2.48. The van der Waals surface area contributed by atoms with Crippen molar-refractivity contribution in [1.82, 2.24) is 4.90 Å². The van der Waals surface area contributed by atoms with Crippen molar-refractivity contribution in [3.8, 4) is 0 Å². The summed E-state index contributed by atoms with van der Waals surface area (Å²) in [5.74, 6) is -0.160. The number of anilines is 1. The van der Waals surface area contributed by atoms with Crippen molar-refractivity contribution < 1.29 is 9.18 Å². The van der Waals surface area contributed by atoms with Gasteiger partial charge in [-0.25, -0.2) is 4.39 Å². The Bertz CT molecular complexity index is 633. The van der Waals surface area contributed by atoms with E-state index in [1.807, 2.05) is 16.3 Å². The molecule has 0 unspecified atom stereocenters. The number of thiol groups is 1. The van der Waals surface area contributed by atoms with Crippen molar-refractivity contribution in [3.05, 3.63) is 46.4 Å². The molecule has 2 aromatic rings. The Morgan fingerprint density at radius 1 is 1.14 bits per heavy atom. The van der Waals surface area contributed by atoms with Crippen LogP contribution in [-0.2, 0) is 0 Å². The molecule has 0 saturated carbocycles. The first-order chi connectivity index (χ1) is 10.1. The number of thiophene rings is 1. The van der Waals surface area contributed by atoms with Gasteiger partial charge in [0.15, 0.2) is 0 Å². The minimum absolute atomic E-state index is 0.0686. The molecule has 1 aliphatic heterocycles. The van der Waals surface area contributed by atoms with E-state index in [1.54, 1.807) is 12.1 Å². The molecule has 0 atom stereocenters. The first-order valence-corrected chi connectivity index (χ1v) is 8.03. The molecule has 1 aromatic carbocycles. The number of hydrogen-bond donors (Lipinski definition) is 1. The highest BCUT2D eigenvalue weighted by Gasteiger charge is 2.23. The normalized spacial score (nSPS) is 15.3. The molecule has 1 saturated heterocycles. The molecule has 0 spiro atoms. The van der Waals surface area contributed by atoms with Crippen LogP contribution in [-0.4, -0.2) is 37.0 Å². The van der Waals surface area contributed by atoms with Crippen LogP contribution in [0.3, 0.4) is 0 Å². The van der Waals surface area contributed by atoms with Crippen LogP contribution in [0, 0.1) is 5.82 Å². The maximum atomic E-state index is 12.9. The van der Waals surface area contributed by atoms with Gasteiger partial charge in [0, 0.05) is 42.1 Å². The molecule has 6 heteroatoms. The average molecular weight is 322 g/mol. The van der Waals surface area contributed by atoms with Gasteiger partial charge < -0.3 is 9.80 Å². The third-order valence-corrected chi connectivity index (χ3v) is 4.91. The summed E-state index contributed by atoms with van der Waals surface area (Å²) < 4.78 is 12.9. The summed E-state index contributed by atoms with van der Waals surface area (Å²) in [5, 5.41) is 1.87. The summed E-state index contributed by atoms with van der Waals surface area (Å²) in [7, 11) is 0. The van der Waals surface area contributed by atoms with Crippen LogP contribution < -0.4 is 4.90 Å². The summed E-state index contributed by atoms with van der Waals surface area (Å²) >= 11 is 5.66. The minimum atomic E-state index is -0.229. The molecule has 0 bridgehead atoms. The highest BCUT2D eigenvalue weighted by Crippen LogP contribution is 2.21. The quantitative estimate of drug-likeness (QED) is 0.859. The van der Waals surface area contributed by atoms with E-state index in [0.29, 0.717) is 13.1 Å². The number of amides is 1. The molecule has 3 rings (SSSR count). The topological polar surface area (TPSA) is 23.6 Å². The lowest BCUT2D eigenvalue weighted by Gasteiger charge is -2.36.